The summed E-state index contributed by atoms with van der Waals surface area (Å²) in [6, 6.07) is 8.53. The van der Waals surface area contributed by atoms with Crippen LogP contribution in [0.3, 0.4) is 0 Å². The van der Waals surface area contributed by atoms with E-state index in [9.17, 15) is 4.79 Å². The van der Waals surface area contributed by atoms with Gasteiger partial charge in [0.2, 0.25) is 0 Å². The summed E-state index contributed by atoms with van der Waals surface area (Å²) < 4.78 is 0. The van der Waals surface area contributed by atoms with Gasteiger partial charge in [0, 0.05) is 49.4 Å². The molecule has 2 aliphatic rings. The summed E-state index contributed by atoms with van der Waals surface area (Å²) in [6.07, 6.45) is 2.68. The van der Waals surface area contributed by atoms with E-state index in [0.717, 1.165) is 50.3 Å². The first-order chi connectivity index (χ1) is 14.4. The molecule has 8 heteroatoms. The van der Waals surface area contributed by atoms with Gasteiger partial charge in [0.05, 0.1) is 5.69 Å². The fourth-order valence-corrected chi connectivity index (χ4v) is 4.47. The van der Waals surface area contributed by atoms with Crippen LogP contribution in [0.25, 0.3) is 11.3 Å². The van der Waals surface area contributed by atoms with Gasteiger partial charge in [-0.3, -0.25) is 10.5 Å². The Morgan fingerprint density at radius 1 is 1.20 bits per heavy atom. The van der Waals surface area contributed by atoms with Crippen LogP contribution in [0, 0.1) is 19.3 Å². The van der Waals surface area contributed by atoms with Crippen molar-refractivity contribution in [3.05, 3.63) is 41.1 Å². The molecule has 1 aromatic heterocycles. The number of amides is 2. The molecule has 0 saturated carbocycles. The first-order valence-corrected chi connectivity index (χ1v) is 10.7. The summed E-state index contributed by atoms with van der Waals surface area (Å²) in [6.45, 7) is 7.07. The van der Waals surface area contributed by atoms with Crippen LogP contribution in [0.2, 0.25) is 0 Å². The fraction of sp³-hybridized carbons (Fsp3) is 0.500. The number of carbonyl (C=O) groups excluding carboxylic acids is 1. The zero-order chi connectivity index (χ0) is 21.3. The number of aromatic amines is 1. The van der Waals surface area contributed by atoms with Crippen LogP contribution < -0.4 is 11.1 Å². The van der Waals surface area contributed by atoms with Gasteiger partial charge in [-0.2, -0.15) is 5.10 Å². The summed E-state index contributed by atoms with van der Waals surface area (Å²) >= 11 is 0. The molecule has 3 heterocycles. The van der Waals surface area contributed by atoms with Crippen LogP contribution in [-0.2, 0) is 0 Å². The Morgan fingerprint density at radius 3 is 2.63 bits per heavy atom. The minimum atomic E-state index is -0.00969. The molecule has 5 N–H and O–H groups in total. The van der Waals surface area contributed by atoms with Crippen LogP contribution in [-0.4, -0.2) is 64.2 Å². The normalized spacial score (nSPS) is 19.9. The van der Waals surface area contributed by atoms with E-state index in [1.165, 1.54) is 16.7 Å². The number of benzene rings is 1. The van der Waals surface area contributed by atoms with Crippen molar-refractivity contribution >= 4 is 12.0 Å². The molecule has 1 aromatic carbocycles. The van der Waals surface area contributed by atoms with E-state index in [1.807, 2.05) is 4.90 Å². The molecule has 2 amide bonds. The van der Waals surface area contributed by atoms with Crippen LogP contribution in [0.4, 0.5) is 4.79 Å². The van der Waals surface area contributed by atoms with Gasteiger partial charge in [-0.15, -0.1) is 0 Å². The van der Waals surface area contributed by atoms with Crippen molar-refractivity contribution in [1.82, 2.24) is 25.3 Å². The predicted molar refractivity (Wildman–Crippen MR) is 117 cm³/mol. The number of guanidine groups is 1. The largest absolute Gasteiger partial charge is 0.370 e. The fourth-order valence-electron chi connectivity index (χ4n) is 4.47. The molecule has 1 atom stereocenters. The molecule has 30 heavy (non-hydrogen) atoms. The number of rotatable bonds is 3. The van der Waals surface area contributed by atoms with Crippen molar-refractivity contribution in [3.8, 4) is 11.3 Å². The van der Waals surface area contributed by atoms with E-state index in [2.05, 4.69) is 53.6 Å². The quantitative estimate of drug-likeness (QED) is 0.461. The molecular weight excluding hydrogens is 378 g/mol. The minimum Gasteiger partial charge on any atom is -0.370 e. The number of aryl methyl sites for hydroxylation is 1. The Balaban J connectivity index is 1.32. The molecule has 0 spiro atoms. The van der Waals surface area contributed by atoms with Crippen molar-refractivity contribution in [2.24, 2.45) is 5.73 Å². The van der Waals surface area contributed by atoms with E-state index < -0.39 is 0 Å². The number of H-pyrrole nitrogens is 1. The zero-order valence-corrected chi connectivity index (χ0v) is 17.7. The van der Waals surface area contributed by atoms with Crippen molar-refractivity contribution in [2.45, 2.75) is 45.1 Å². The second kappa shape index (κ2) is 8.38. The number of nitrogens with one attached hydrogen (secondary N) is 3. The van der Waals surface area contributed by atoms with Crippen molar-refractivity contribution in [2.75, 3.05) is 26.2 Å². The Labute approximate surface area is 177 Å². The third-order valence-corrected chi connectivity index (χ3v) is 6.56. The molecule has 0 radical (unpaired) electrons. The van der Waals surface area contributed by atoms with E-state index in [-0.39, 0.29) is 18.0 Å². The van der Waals surface area contributed by atoms with Gasteiger partial charge in [-0.1, -0.05) is 18.2 Å². The maximum atomic E-state index is 12.6. The lowest BCUT2D eigenvalue weighted by molar-refractivity contribution is 0.177. The highest BCUT2D eigenvalue weighted by atomic mass is 16.2. The SMILES string of the molecule is Cc1cccc(-c2cc(C3CCN(C(=O)N[C@H]4CCN(C(=N)N)C4)CC3)[nH]n2)c1C. The number of urea groups is 1. The highest BCUT2D eigenvalue weighted by molar-refractivity contribution is 5.76. The van der Waals surface area contributed by atoms with Crippen LogP contribution in [0.5, 0.6) is 0 Å². The first kappa shape index (κ1) is 20.3. The molecular formula is C22H31N7O. The van der Waals surface area contributed by atoms with Crippen molar-refractivity contribution in [1.29, 1.82) is 5.41 Å². The zero-order valence-electron chi connectivity index (χ0n) is 17.7. The van der Waals surface area contributed by atoms with Gasteiger partial charge in [-0.05, 0) is 50.3 Å². The molecule has 8 nitrogen and oxygen atoms in total. The Bertz CT molecular complexity index is 929. The van der Waals surface area contributed by atoms with Crippen LogP contribution in [0.1, 0.15) is 42.0 Å². The van der Waals surface area contributed by atoms with Gasteiger partial charge in [-0.25, -0.2) is 4.79 Å². The number of hydrogen-bond acceptors (Lipinski definition) is 3. The molecule has 2 fully saturated rings. The smallest absolute Gasteiger partial charge is 0.317 e. The third kappa shape index (κ3) is 4.13. The molecule has 2 aliphatic heterocycles. The monoisotopic (exact) mass is 409 g/mol. The number of nitrogens with zero attached hydrogens (tertiary/aromatic N) is 3. The average molecular weight is 410 g/mol. The predicted octanol–water partition coefficient (Wildman–Crippen LogP) is 2.55. The number of aromatic nitrogens is 2. The second-order valence-corrected chi connectivity index (χ2v) is 8.48. The number of likely N-dealkylation sites (tertiary alicyclic amines) is 2. The molecule has 2 saturated heterocycles. The standard InChI is InChI=1S/C22H31N7O/c1-14-4-3-5-18(15(14)2)20-12-19(26-27-20)16-6-9-28(10-7-16)22(30)25-17-8-11-29(13-17)21(23)24/h3-5,12,16-17H,6-11,13H2,1-2H3,(H3,23,24)(H,25,30)(H,26,27)/t17-/m0/s1. The molecule has 160 valence electrons. The maximum absolute atomic E-state index is 12.6. The highest BCUT2D eigenvalue weighted by Crippen LogP contribution is 2.31. The number of hydrogen-bond donors (Lipinski definition) is 4. The van der Waals surface area contributed by atoms with E-state index >= 15 is 0 Å². The number of carbonyl (C=O) groups is 1. The lowest BCUT2D eigenvalue weighted by Crippen LogP contribution is -2.48. The van der Waals surface area contributed by atoms with Crippen LogP contribution >= 0.6 is 0 Å². The van der Waals surface area contributed by atoms with Gasteiger partial charge in [0.15, 0.2) is 5.96 Å². The second-order valence-electron chi connectivity index (χ2n) is 8.48. The molecule has 2 aromatic rings. The molecule has 0 unspecified atom stereocenters. The minimum absolute atomic E-state index is 0.00969. The Hall–Kier alpha value is -3.03. The lowest BCUT2D eigenvalue weighted by Gasteiger charge is -2.32. The van der Waals surface area contributed by atoms with Gasteiger partial charge in [0.25, 0.3) is 0 Å². The third-order valence-electron chi connectivity index (χ3n) is 6.56. The van der Waals surface area contributed by atoms with Gasteiger partial charge in [0.1, 0.15) is 0 Å². The van der Waals surface area contributed by atoms with Gasteiger partial charge >= 0.3 is 6.03 Å². The Morgan fingerprint density at radius 2 is 1.93 bits per heavy atom. The van der Waals surface area contributed by atoms with Crippen molar-refractivity contribution < 1.29 is 4.79 Å². The summed E-state index contributed by atoms with van der Waals surface area (Å²) in [4.78, 5) is 16.3. The molecule has 4 rings (SSSR count). The summed E-state index contributed by atoms with van der Waals surface area (Å²) in [5.41, 5.74) is 11.4. The topological polar surface area (TPSA) is 114 Å². The summed E-state index contributed by atoms with van der Waals surface area (Å²) in [5, 5.41) is 18.4. The Kier molecular flexibility index (Phi) is 5.65. The molecule has 0 aliphatic carbocycles. The highest BCUT2D eigenvalue weighted by Gasteiger charge is 2.29. The lowest BCUT2D eigenvalue weighted by atomic mass is 9.92. The number of nitrogens with two attached hydrogens (primary N) is 1. The van der Waals surface area contributed by atoms with Crippen molar-refractivity contribution in [3.63, 3.8) is 0 Å². The summed E-state index contributed by atoms with van der Waals surface area (Å²) in [5.74, 6) is 0.465. The van der Waals surface area contributed by atoms with Crippen LogP contribution in [0.15, 0.2) is 24.3 Å². The van der Waals surface area contributed by atoms with Gasteiger partial charge < -0.3 is 20.9 Å². The molecule has 0 bridgehead atoms. The van der Waals surface area contributed by atoms with E-state index in [0.29, 0.717) is 12.5 Å². The van der Waals surface area contributed by atoms with E-state index in [4.69, 9.17) is 11.1 Å². The maximum Gasteiger partial charge on any atom is 0.317 e. The average Bonchev–Trinajstić information content (AvgIpc) is 3.40. The summed E-state index contributed by atoms with van der Waals surface area (Å²) in [7, 11) is 0. The van der Waals surface area contributed by atoms with E-state index in [1.54, 1.807) is 4.90 Å². The first-order valence-electron chi connectivity index (χ1n) is 10.7. The number of piperidine rings is 1.